The number of amides is 1. The van der Waals surface area contributed by atoms with Crippen molar-refractivity contribution in [1.29, 1.82) is 0 Å². The SMILES string of the molecule is Cc1cn2cc(C(=O)NCCCN3CCOCC3)nc2s1. The van der Waals surface area contributed by atoms with E-state index >= 15 is 0 Å². The number of hydrogen-bond acceptors (Lipinski definition) is 5. The molecule has 0 radical (unpaired) electrons. The van der Waals surface area contributed by atoms with Crippen molar-refractivity contribution >= 4 is 22.2 Å². The Morgan fingerprint density at radius 1 is 1.43 bits per heavy atom. The van der Waals surface area contributed by atoms with Gasteiger partial charge in [0.1, 0.15) is 5.69 Å². The van der Waals surface area contributed by atoms with Crippen molar-refractivity contribution in [3.8, 4) is 0 Å². The molecular formula is C14H20N4O2S. The molecule has 3 heterocycles. The highest BCUT2D eigenvalue weighted by Gasteiger charge is 2.13. The first-order valence-electron chi connectivity index (χ1n) is 7.26. The lowest BCUT2D eigenvalue weighted by Crippen LogP contribution is -2.38. The number of hydrogen-bond donors (Lipinski definition) is 1. The van der Waals surface area contributed by atoms with Gasteiger partial charge in [-0.15, -0.1) is 11.3 Å². The third-order valence-corrected chi connectivity index (χ3v) is 4.46. The Balaban J connectivity index is 1.44. The number of carbonyl (C=O) groups is 1. The van der Waals surface area contributed by atoms with Gasteiger partial charge in [-0.05, 0) is 19.9 Å². The normalized spacial score (nSPS) is 16.4. The van der Waals surface area contributed by atoms with Crippen LogP contribution in [0.25, 0.3) is 4.96 Å². The van der Waals surface area contributed by atoms with Crippen molar-refractivity contribution in [2.24, 2.45) is 0 Å². The molecule has 1 amide bonds. The predicted octanol–water partition coefficient (Wildman–Crippen LogP) is 1.16. The summed E-state index contributed by atoms with van der Waals surface area (Å²) in [6, 6.07) is 0. The Labute approximate surface area is 127 Å². The highest BCUT2D eigenvalue weighted by atomic mass is 32.1. The van der Waals surface area contributed by atoms with E-state index in [9.17, 15) is 4.79 Å². The van der Waals surface area contributed by atoms with Crippen LogP contribution in [0.15, 0.2) is 12.4 Å². The average molecular weight is 308 g/mol. The fourth-order valence-electron chi connectivity index (χ4n) is 2.44. The van der Waals surface area contributed by atoms with Crippen LogP contribution in [0, 0.1) is 6.92 Å². The van der Waals surface area contributed by atoms with E-state index in [0.29, 0.717) is 12.2 Å². The summed E-state index contributed by atoms with van der Waals surface area (Å²) in [5.41, 5.74) is 0.493. The van der Waals surface area contributed by atoms with Gasteiger partial charge in [-0.2, -0.15) is 0 Å². The lowest BCUT2D eigenvalue weighted by molar-refractivity contribution is 0.0374. The first-order valence-corrected chi connectivity index (χ1v) is 8.07. The minimum absolute atomic E-state index is 0.0921. The summed E-state index contributed by atoms with van der Waals surface area (Å²) < 4.78 is 7.22. The monoisotopic (exact) mass is 308 g/mol. The Bertz CT molecular complexity index is 584. The summed E-state index contributed by atoms with van der Waals surface area (Å²) in [5, 5.41) is 2.94. The largest absolute Gasteiger partial charge is 0.379 e. The molecule has 6 nitrogen and oxygen atoms in total. The molecule has 2 aromatic rings. The van der Waals surface area contributed by atoms with Gasteiger partial charge in [0.15, 0.2) is 4.96 Å². The molecule has 1 aliphatic heterocycles. The van der Waals surface area contributed by atoms with Crippen LogP contribution in [0.2, 0.25) is 0 Å². The zero-order valence-electron chi connectivity index (χ0n) is 12.2. The average Bonchev–Trinajstić information content (AvgIpc) is 3.02. The molecule has 1 N–H and O–H groups in total. The maximum atomic E-state index is 12.0. The Morgan fingerprint density at radius 2 is 2.24 bits per heavy atom. The number of aromatic nitrogens is 2. The van der Waals surface area contributed by atoms with E-state index in [4.69, 9.17) is 4.74 Å². The first kappa shape index (κ1) is 14.5. The number of thiazole rings is 1. The standard InChI is InChI=1S/C14H20N4O2S/c1-11-9-18-10-12(16-14(18)21-11)13(19)15-3-2-4-17-5-7-20-8-6-17/h9-10H,2-8H2,1H3,(H,15,19). The van der Waals surface area contributed by atoms with Gasteiger partial charge < -0.3 is 10.1 Å². The summed E-state index contributed by atoms with van der Waals surface area (Å²) in [7, 11) is 0. The van der Waals surface area contributed by atoms with E-state index in [2.05, 4.69) is 15.2 Å². The molecule has 1 fully saturated rings. The van der Waals surface area contributed by atoms with Crippen LogP contribution in [-0.2, 0) is 4.74 Å². The van der Waals surface area contributed by atoms with Crippen molar-refractivity contribution in [2.45, 2.75) is 13.3 Å². The number of nitrogens with zero attached hydrogens (tertiary/aromatic N) is 3. The van der Waals surface area contributed by atoms with Gasteiger partial charge in [0.2, 0.25) is 0 Å². The van der Waals surface area contributed by atoms with E-state index in [-0.39, 0.29) is 5.91 Å². The fraction of sp³-hybridized carbons (Fsp3) is 0.571. The quantitative estimate of drug-likeness (QED) is 0.842. The molecule has 0 atom stereocenters. The number of carbonyl (C=O) groups excluding carboxylic acids is 1. The number of ether oxygens (including phenoxy) is 1. The summed E-state index contributed by atoms with van der Waals surface area (Å²) in [6.07, 6.45) is 4.73. The Hall–Kier alpha value is -1.44. The van der Waals surface area contributed by atoms with Crippen molar-refractivity contribution in [2.75, 3.05) is 39.4 Å². The van der Waals surface area contributed by atoms with Crippen LogP contribution in [0.3, 0.4) is 0 Å². The molecule has 21 heavy (non-hydrogen) atoms. The van der Waals surface area contributed by atoms with Crippen molar-refractivity contribution in [3.63, 3.8) is 0 Å². The molecule has 2 aromatic heterocycles. The third-order valence-electron chi connectivity index (χ3n) is 3.54. The highest BCUT2D eigenvalue weighted by Crippen LogP contribution is 2.16. The smallest absolute Gasteiger partial charge is 0.271 e. The van der Waals surface area contributed by atoms with Crippen molar-refractivity contribution in [3.05, 3.63) is 23.0 Å². The number of aryl methyl sites for hydroxylation is 1. The zero-order valence-corrected chi connectivity index (χ0v) is 13.0. The summed E-state index contributed by atoms with van der Waals surface area (Å²) in [6.45, 7) is 7.33. The van der Waals surface area contributed by atoms with Gasteiger partial charge in [-0.25, -0.2) is 4.98 Å². The van der Waals surface area contributed by atoms with Crippen LogP contribution in [0.4, 0.5) is 0 Å². The van der Waals surface area contributed by atoms with Gasteiger partial charge in [0.25, 0.3) is 5.91 Å². The van der Waals surface area contributed by atoms with Crippen LogP contribution in [0.5, 0.6) is 0 Å². The van der Waals surface area contributed by atoms with Crippen molar-refractivity contribution in [1.82, 2.24) is 19.6 Å². The lowest BCUT2D eigenvalue weighted by Gasteiger charge is -2.26. The Kier molecular flexibility index (Phi) is 4.52. The van der Waals surface area contributed by atoms with Gasteiger partial charge in [-0.3, -0.25) is 14.1 Å². The van der Waals surface area contributed by atoms with E-state index in [1.807, 2.05) is 17.5 Å². The molecule has 7 heteroatoms. The predicted molar refractivity (Wildman–Crippen MR) is 82.0 cm³/mol. The molecule has 0 spiro atoms. The summed E-state index contributed by atoms with van der Waals surface area (Å²) >= 11 is 1.59. The molecule has 3 rings (SSSR count). The summed E-state index contributed by atoms with van der Waals surface area (Å²) in [5.74, 6) is -0.0921. The van der Waals surface area contributed by atoms with Crippen LogP contribution < -0.4 is 5.32 Å². The van der Waals surface area contributed by atoms with Gasteiger partial charge in [-0.1, -0.05) is 0 Å². The zero-order chi connectivity index (χ0) is 14.7. The van der Waals surface area contributed by atoms with Gasteiger partial charge in [0, 0.05) is 36.9 Å². The second-order valence-electron chi connectivity index (χ2n) is 5.22. The second kappa shape index (κ2) is 6.55. The van der Waals surface area contributed by atoms with Crippen LogP contribution >= 0.6 is 11.3 Å². The van der Waals surface area contributed by atoms with E-state index < -0.39 is 0 Å². The van der Waals surface area contributed by atoms with Crippen LogP contribution in [-0.4, -0.2) is 59.6 Å². The summed E-state index contributed by atoms with van der Waals surface area (Å²) in [4.78, 5) is 20.8. The van der Waals surface area contributed by atoms with E-state index in [0.717, 1.165) is 44.2 Å². The van der Waals surface area contributed by atoms with E-state index in [1.165, 1.54) is 4.88 Å². The topological polar surface area (TPSA) is 58.9 Å². The molecule has 0 unspecified atom stereocenters. The molecular weight excluding hydrogens is 288 g/mol. The van der Waals surface area contributed by atoms with Gasteiger partial charge >= 0.3 is 0 Å². The lowest BCUT2D eigenvalue weighted by atomic mass is 10.3. The minimum Gasteiger partial charge on any atom is -0.379 e. The molecule has 1 aliphatic rings. The molecule has 0 aromatic carbocycles. The maximum absolute atomic E-state index is 12.0. The number of morpholine rings is 1. The second-order valence-corrected chi connectivity index (χ2v) is 6.43. The number of nitrogens with one attached hydrogen (secondary N) is 1. The fourth-order valence-corrected chi connectivity index (χ4v) is 3.25. The molecule has 114 valence electrons. The van der Waals surface area contributed by atoms with Crippen LogP contribution in [0.1, 0.15) is 21.8 Å². The maximum Gasteiger partial charge on any atom is 0.271 e. The van der Waals surface area contributed by atoms with Gasteiger partial charge in [0.05, 0.1) is 13.2 Å². The molecule has 1 saturated heterocycles. The number of fused-ring (bicyclic) bond motifs is 1. The highest BCUT2D eigenvalue weighted by molar-refractivity contribution is 7.17. The first-order chi connectivity index (χ1) is 10.2. The number of rotatable bonds is 5. The number of imidazole rings is 1. The third kappa shape index (κ3) is 3.61. The minimum atomic E-state index is -0.0921. The van der Waals surface area contributed by atoms with E-state index in [1.54, 1.807) is 17.5 Å². The molecule has 0 saturated carbocycles. The van der Waals surface area contributed by atoms with Crippen molar-refractivity contribution < 1.29 is 9.53 Å². The Morgan fingerprint density at radius 3 is 3.00 bits per heavy atom. The molecule has 0 aliphatic carbocycles. The molecule has 0 bridgehead atoms.